The van der Waals surface area contributed by atoms with Gasteiger partial charge in [-0.25, -0.2) is 4.79 Å². The van der Waals surface area contributed by atoms with Crippen molar-refractivity contribution < 1.29 is 9.53 Å². The molecule has 2 rings (SSSR count). The molecule has 0 spiro atoms. The predicted octanol–water partition coefficient (Wildman–Crippen LogP) is 2.89. The Morgan fingerprint density at radius 1 is 1.24 bits per heavy atom. The Labute approximate surface area is 123 Å². The van der Waals surface area contributed by atoms with Gasteiger partial charge in [-0.2, -0.15) is 0 Å². The van der Waals surface area contributed by atoms with Crippen molar-refractivity contribution >= 4 is 22.8 Å². The summed E-state index contributed by atoms with van der Waals surface area (Å²) in [4.78, 5) is 24.0. The van der Waals surface area contributed by atoms with E-state index >= 15 is 0 Å². The lowest BCUT2D eigenvalue weighted by Gasteiger charge is -2.17. The number of nitrogens with zero attached hydrogens (tertiary/aromatic N) is 1. The van der Waals surface area contributed by atoms with Crippen LogP contribution in [-0.4, -0.2) is 16.1 Å². The lowest BCUT2D eigenvalue weighted by molar-refractivity contribution is -0.148. The smallest absolute Gasteiger partial charge is 0.331 e. The molecule has 0 atom stereocenters. The van der Waals surface area contributed by atoms with E-state index in [4.69, 9.17) is 4.74 Å². The fourth-order valence-electron chi connectivity index (χ4n) is 2.04. The van der Waals surface area contributed by atoms with E-state index in [0.29, 0.717) is 10.9 Å². The maximum atomic E-state index is 12.2. The van der Waals surface area contributed by atoms with Gasteiger partial charge in [-0.3, -0.25) is 4.79 Å². The van der Waals surface area contributed by atoms with Gasteiger partial charge in [-0.1, -0.05) is 18.2 Å². The van der Waals surface area contributed by atoms with Crippen LogP contribution in [0.4, 0.5) is 0 Å². The van der Waals surface area contributed by atoms with Crippen molar-refractivity contribution in [3.63, 3.8) is 0 Å². The number of ether oxygens (including phenoxy) is 1. The molecule has 0 amide bonds. The Hall–Kier alpha value is -2.36. The van der Waals surface area contributed by atoms with Crippen LogP contribution in [0.15, 0.2) is 41.3 Å². The highest BCUT2D eigenvalue weighted by molar-refractivity contribution is 5.94. The minimum atomic E-state index is -0.531. The molecule has 0 aliphatic rings. The fraction of sp³-hybridized carbons (Fsp3) is 0.294. The predicted molar refractivity (Wildman–Crippen MR) is 84.1 cm³/mol. The molecule has 0 N–H and O–H groups in total. The number of esters is 1. The first-order chi connectivity index (χ1) is 9.78. The molecule has 2 aromatic rings. The summed E-state index contributed by atoms with van der Waals surface area (Å²) >= 11 is 0. The molecule has 0 bridgehead atoms. The molecule has 0 saturated heterocycles. The van der Waals surface area contributed by atoms with Crippen molar-refractivity contribution in [3.8, 4) is 0 Å². The Bertz CT molecular complexity index is 764. The quantitative estimate of drug-likeness (QED) is 0.629. The van der Waals surface area contributed by atoms with Gasteiger partial charge >= 0.3 is 5.97 Å². The monoisotopic (exact) mass is 285 g/mol. The summed E-state index contributed by atoms with van der Waals surface area (Å²) < 4.78 is 6.74. The number of fused-ring (bicyclic) bond motifs is 1. The summed E-state index contributed by atoms with van der Waals surface area (Å²) in [6.07, 6.45) is 4.70. The molecule has 21 heavy (non-hydrogen) atoms. The van der Waals surface area contributed by atoms with Gasteiger partial charge in [0.25, 0.3) is 5.56 Å². The molecule has 0 aliphatic heterocycles. The SMILES string of the molecule is Cn1ccc2cccc(/C=C/C(=O)OC(C)(C)C)c2c1=O. The average Bonchev–Trinajstić information content (AvgIpc) is 2.38. The second-order valence-corrected chi connectivity index (χ2v) is 5.91. The number of hydrogen-bond acceptors (Lipinski definition) is 3. The van der Waals surface area contributed by atoms with Crippen LogP contribution in [0.25, 0.3) is 16.8 Å². The van der Waals surface area contributed by atoms with Crippen LogP contribution in [-0.2, 0) is 16.6 Å². The van der Waals surface area contributed by atoms with Gasteiger partial charge in [0.15, 0.2) is 0 Å². The van der Waals surface area contributed by atoms with Crippen molar-refractivity contribution in [2.24, 2.45) is 7.05 Å². The summed E-state index contributed by atoms with van der Waals surface area (Å²) in [7, 11) is 1.70. The topological polar surface area (TPSA) is 48.3 Å². The largest absolute Gasteiger partial charge is 0.457 e. The lowest BCUT2D eigenvalue weighted by Crippen LogP contribution is -2.22. The Morgan fingerprint density at radius 2 is 1.95 bits per heavy atom. The normalized spacial score (nSPS) is 12.0. The summed E-state index contributed by atoms with van der Waals surface area (Å²) in [6.45, 7) is 5.44. The van der Waals surface area contributed by atoms with E-state index in [-0.39, 0.29) is 5.56 Å². The fourth-order valence-corrected chi connectivity index (χ4v) is 2.04. The average molecular weight is 285 g/mol. The zero-order chi connectivity index (χ0) is 15.6. The second-order valence-electron chi connectivity index (χ2n) is 5.91. The highest BCUT2D eigenvalue weighted by Crippen LogP contribution is 2.16. The van der Waals surface area contributed by atoms with E-state index in [2.05, 4.69) is 0 Å². The van der Waals surface area contributed by atoms with Crippen molar-refractivity contribution in [2.75, 3.05) is 0 Å². The molecule has 110 valence electrons. The Kier molecular flexibility index (Phi) is 3.98. The molecular weight excluding hydrogens is 266 g/mol. The van der Waals surface area contributed by atoms with E-state index in [1.807, 2.05) is 45.0 Å². The highest BCUT2D eigenvalue weighted by Gasteiger charge is 2.14. The summed E-state index contributed by atoms with van der Waals surface area (Å²) in [5.74, 6) is -0.424. The van der Waals surface area contributed by atoms with Gasteiger partial charge in [0.1, 0.15) is 5.60 Å². The molecule has 1 aromatic heterocycles. The zero-order valence-corrected chi connectivity index (χ0v) is 12.7. The molecule has 1 heterocycles. The third-order valence-electron chi connectivity index (χ3n) is 2.95. The molecule has 4 heteroatoms. The van der Waals surface area contributed by atoms with Crippen LogP contribution >= 0.6 is 0 Å². The van der Waals surface area contributed by atoms with Crippen molar-refractivity contribution in [1.82, 2.24) is 4.57 Å². The van der Waals surface area contributed by atoms with Crippen LogP contribution in [0.2, 0.25) is 0 Å². The zero-order valence-electron chi connectivity index (χ0n) is 12.7. The number of benzene rings is 1. The van der Waals surface area contributed by atoms with Crippen LogP contribution in [0.3, 0.4) is 0 Å². The number of rotatable bonds is 2. The highest BCUT2D eigenvalue weighted by atomic mass is 16.6. The molecule has 0 radical (unpaired) electrons. The van der Waals surface area contributed by atoms with Gasteiger partial charge in [0.2, 0.25) is 0 Å². The molecule has 0 fully saturated rings. The minimum Gasteiger partial charge on any atom is -0.457 e. The third kappa shape index (κ3) is 3.60. The Morgan fingerprint density at radius 3 is 2.62 bits per heavy atom. The Balaban J connectivity index is 2.42. The molecule has 1 aromatic carbocycles. The van der Waals surface area contributed by atoms with Crippen molar-refractivity contribution in [2.45, 2.75) is 26.4 Å². The van der Waals surface area contributed by atoms with Crippen LogP contribution < -0.4 is 5.56 Å². The molecule has 0 aliphatic carbocycles. The number of carbonyl (C=O) groups excluding carboxylic acids is 1. The van der Waals surface area contributed by atoms with E-state index < -0.39 is 11.6 Å². The number of hydrogen-bond donors (Lipinski definition) is 0. The summed E-state index contributed by atoms with van der Waals surface area (Å²) in [5.41, 5.74) is 0.0903. The number of carbonyl (C=O) groups is 1. The van der Waals surface area contributed by atoms with Crippen molar-refractivity contribution in [3.05, 3.63) is 52.5 Å². The molecule has 4 nitrogen and oxygen atoms in total. The molecular formula is C17H19NO3. The minimum absolute atomic E-state index is 0.0862. The standard InChI is InChI=1S/C17H19NO3/c1-17(2,3)21-14(19)9-8-12-6-5-7-13-10-11-18(4)16(20)15(12)13/h5-11H,1-4H3/b9-8+. The second kappa shape index (κ2) is 5.56. The van der Waals surface area contributed by atoms with Gasteiger partial charge in [0, 0.05) is 19.3 Å². The number of aryl methyl sites for hydroxylation is 1. The van der Waals surface area contributed by atoms with Crippen LogP contribution in [0.5, 0.6) is 0 Å². The lowest BCUT2D eigenvalue weighted by atomic mass is 10.1. The van der Waals surface area contributed by atoms with Gasteiger partial charge in [-0.05, 0) is 43.9 Å². The molecule has 0 saturated carbocycles. The van der Waals surface area contributed by atoms with E-state index in [1.54, 1.807) is 19.3 Å². The first-order valence-electron chi connectivity index (χ1n) is 6.77. The van der Waals surface area contributed by atoms with E-state index in [9.17, 15) is 9.59 Å². The first kappa shape index (κ1) is 15.0. The summed E-state index contributed by atoms with van der Waals surface area (Å²) in [6, 6.07) is 7.42. The third-order valence-corrected chi connectivity index (χ3v) is 2.95. The van der Waals surface area contributed by atoms with Crippen LogP contribution in [0.1, 0.15) is 26.3 Å². The van der Waals surface area contributed by atoms with E-state index in [0.717, 1.165) is 5.39 Å². The number of pyridine rings is 1. The summed E-state index contributed by atoms with van der Waals surface area (Å²) in [5, 5.41) is 1.45. The van der Waals surface area contributed by atoms with Gasteiger partial charge in [-0.15, -0.1) is 0 Å². The van der Waals surface area contributed by atoms with Crippen LogP contribution in [0, 0.1) is 0 Å². The van der Waals surface area contributed by atoms with Crippen molar-refractivity contribution in [1.29, 1.82) is 0 Å². The van der Waals surface area contributed by atoms with E-state index in [1.165, 1.54) is 10.6 Å². The van der Waals surface area contributed by atoms with Gasteiger partial charge < -0.3 is 9.30 Å². The first-order valence-corrected chi connectivity index (χ1v) is 6.77. The maximum Gasteiger partial charge on any atom is 0.331 e. The maximum absolute atomic E-state index is 12.2. The molecule has 0 unspecified atom stereocenters. The van der Waals surface area contributed by atoms with Gasteiger partial charge in [0.05, 0.1) is 5.39 Å². The number of aromatic nitrogens is 1.